The van der Waals surface area contributed by atoms with Crippen LogP contribution in [0, 0.1) is 49.4 Å². The van der Waals surface area contributed by atoms with Gasteiger partial charge >= 0.3 is 0 Å². The van der Waals surface area contributed by atoms with Gasteiger partial charge in [-0.05, 0) is 80.9 Å². The Morgan fingerprint density at radius 3 is 0.628 bits per heavy atom. The number of aromatic nitrogens is 4. The highest BCUT2D eigenvalue weighted by atomic mass is 79.9. The standard InChI is InChI=1S/C70H62N4.4BrH/c1-5-9-25-37-71-47-59(55-29-17-13-18-30-55)41-63(51-71)67-45-69(65-43-61(57-33-21-15-22-34-57)49-73(53-65)39-27-11-7-3)70(66-44-62(58-35-23-16-24-36-58)50-74(54-66)40-28-12-8-4)46-68(67)64-42-60(56-31-19-14-20-32-56)48-72(52-64)38-26-10-6-2;;;;/h1-4,13-24,29-36,41-54H,9-12,25-28,37-40H2;4*1H/q+4;;;;/p-4. The smallest absolute Gasteiger partial charge is 0.176 e. The molecule has 0 N–H and O–H groups in total. The molecule has 390 valence electrons. The summed E-state index contributed by atoms with van der Waals surface area (Å²) in [5.74, 6) is 11.5. The van der Waals surface area contributed by atoms with Gasteiger partial charge in [0.15, 0.2) is 49.6 Å². The molecule has 0 unspecified atom stereocenters. The molecular formula is C70H62Br4N4. The van der Waals surface area contributed by atoms with Crippen molar-refractivity contribution in [1.82, 2.24) is 0 Å². The highest BCUT2D eigenvalue weighted by molar-refractivity contribution is 5.96. The Bertz CT molecular complexity index is 3080. The Hall–Kier alpha value is -7.14. The predicted molar refractivity (Wildman–Crippen MR) is 303 cm³/mol. The van der Waals surface area contributed by atoms with Gasteiger partial charge in [-0.3, -0.25) is 0 Å². The summed E-state index contributed by atoms with van der Waals surface area (Å²) in [6.45, 7) is 3.11. The van der Waals surface area contributed by atoms with Gasteiger partial charge in [-0.2, -0.15) is 0 Å². The summed E-state index contributed by atoms with van der Waals surface area (Å²) in [4.78, 5) is 0. The number of hydrogen-bond donors (Lipinski definition) is 0. The topological polar surface area (TPSA) is 15.5 Å². The Balaban J connectivity index is 0.00000280. The Labute approximate surface area is 505 Å². The van der Waals surface area contributed by atoms with Crippen LogP contribution in [-0.2, 0) is 26.2 Å². The van der Waals surface area contributed by atoms with Crippen molar-refractivity contribution in [1.29, 1.82) is 0 Å². The van der Waals surface area contributed by atoms with E-state index in [4.69, 9.17) is 25.7 Å². The highest BCUT2D eigenvalue weighted by Gasteiger charge is 2.25. The van der Waals surface area contributed by atoms with Crippen LogP contribution in [0.2, 0.25) is 0 Å². The Kier molecular flexibility index (Phi) is 24.8. The third kappa shape index (κ3) is 16.0. The van der Waals surface area contributed by atoms with Gasteiger partial charge in [0.1, 0.15) is 26.2 Å². The van der Waals surface area contributed by atoms with Gasteiger partial charge in [-0.15, -0.1) is 49.4 Å². The first kappa shape index (κ1) is 61.7. The minimum absolute atomic E-state index is 0. The van der Waals surface area contributed by atoms with E-state index in [9.17, 15) is 0 Å². The number of terminal acetylenes is 4. The monoisotopic (exact) mass is 1270 g/mol. The molecule has 78 heavy (non-hydrogen) atoms. The van der Waals surface area contributed by atoms with Crippen molar-refractivity contribution in [3.63, 3.8) is 0 Å². The van der Waals surface area contributed by atoms with Crippen molar-refractivity contribution in [2.24, 2.45) is 0 Å². The lowest BCUT2D eigenvalue weighted by molar-refractivity contribution is -0.696. The van der Waals surface area contributed by atoms with Crippen molar-refractivity contribution in [3.05, 3.63) is 207 Å². The number of aryl methyl sites for hydroxylation is 4. The number of halogens is 4. The maximum Gasteiger partial charge on any atom is 0.176 e. The van der Waals surface area contributed by atoms with Gasteiger partial charge in [0.2, 0.25) is 0 Å². The van der Waals surface area contributed by atoms with Gasteiger partial charge < -0.3 is 67.9 Å². The lowest BCUT2D eigenvalue weighted by Crippen LogP contribution is -3.00. The van der Waals surface area contributed by atoms with Crippen molar-refractivity contribution in [2.45, 2.75) is 77.5 Å². The molecule has 0 saturated heterocycles. The SMILES string of the molecule is C#CCCC[n+]1cc(-c2ccccc2)cc(-c2cc(-c3cc(-c4ccccc4)c[n+](CCCC#C)c3)c(-c3cc(-c4ccccc4)c[n+](CCCC#C)c3)cc2-c2cc(-c3ccccc3)c[n+](CCCC#C)c2)c1.[Br-].[Br-].[Br-].[Br-]. The molecule has 8 heteroatoms. The fourth-order valence-corrected chi connectivity index (χ4v) is 9.82. The number of benzene rings is 5. The first-order valence-electron chi connectivity index (χ1n) is 25.8. The number of nitrogens with zero attached hydrogens (tertiary/aromatic N) is 4. The van der Waals surface area contributed by atoms with E-state index in [0.717, 1.165) is 141 Å². The zero-order valence-corrected chi connectivity index (χ0v) is 50.1. The molecule has 0 aliphatic heterocycles. The molecule has 0 atom stereocenters. The first-order chi connectivity index (χ1) is 36.5. The van der Waals surface area contributed by atoms with Crippen molar-refractivity contribution in [2.75, 3.05) is 0 Å². The van der Waals surface area contributed by atoms with Crippen LogP contribution < -0.4 is 86.2 Å². The van der Waals surface area contributed by atoms with Gasteiger partial charge in [0, 0.05) is 95.9 Å². The molecule has 4 aromatic heterocycles. The van der Waals surface area contributed by atoms with E-state index in [2.05, 4.69) is 249 Å². The summed E-state index contributed by atoms with van der Waals surface area (Å²) in [6, 6.07) is 57.0. The predicted octanol–water partition coefficient (Wildman–Crippen LogP) is 1.84. The van der Waals surface area contributed by atoms with E-state index in [1.54, 1.807) is 0 Å². The molecule has 0 bridgehead atoms. The van der Waals surface area contributed by atoms with E-state index < -0.39 is 0 Å². The first-order valence-corrected chi connectivity index (χ1v) is 25.8. The maximum atomic E-state index is 5.84. The molecule has 9 rings (SSSR count). The van der Waals surface area contributed by atoms with E-state index >= 15 is 0 Å². The molecule has 0 radical (unpaired) electrons. The second-order valence-electron chi connectivity index (χ2n) is 18.8. The van der Waals surface area contributed by atoms with Crippen LogP contribution in [0.1, 0.15) is 51.4 Å². The summed E-state index contributed by atoms with van der Waals surface area (Å²) < 4.78 is 9.30. The maximum absolute atomic E-state index is 5.84. The fraction of sp³-hybridized carbons (Fsp3) is 0.171. The van der Waals surface area contributed by atoms with E-state index in [0.29, 0.717) is 25.7 Å². The van der Waals surface area contributed by atoms with Gasteiger partial charge in [-0.1, -0.05) is 121 Å². The van der Waals surface area contributed by atoms with Gasteiger partial charge in [0.05, 0.1) is 0 Å². The van der Waals surface area contributed by atoms with E-state index in [1.165, 1.54) is 0 Å². The van der Waals surface area contributed by atoms with Crippen LogP contribution in [0.4, 0.5) is 0 Å². The quantitative estimate of drug-likeness (QED) is 0.0631. The van der Waals surface area contributed by atoms with Crippen LogP contribution in [0.3, 0.4) is 0 Å². The van der Waals surface area contributed by atoms with Crippen LogP contribution in [-0.4, -0.2) is 0 Å². The molecule has 9 aromatic rings. The zero-order chi connectivity index (χ0) is 50.9. The molecular weight excluding hydrogens is 1220 g/mol. The van der Waals surface area contributed by atoms with Crippen LogP contribution in [0.15, 0.2) is 207 Å². The molecule has 5 aromatic carbocycles. The normalized spacial score (nSPS) is 10.2. The number of hydrogen-bond acceptors (Lipinski definition) is 0. The Morgan fingerprint density at radius 1 is 0.244 bits per heavy atom. The van der Waals surface area contributed by atoms with Crippen molar-refractivity contribution < 1.29 is 86.2 Å². The molecule has 0 aliphatic carbocycles. The number of unbranched alkanes of at least 4 members (excludes halogenated alkanes) is 4. The summed E-state index contributed by atoms with van der Waals surface area (Å²) in [6.07, 6.45) is 47.8. The fourth-order valence-electron chi connectivity index (χ4n) is 9.82. The van der Waals surface area contributed by atoms with Gasteiger partial charge in [-0.25, -0.2) is 18.3 Å². The molecule has 0 aliphatic rings. The lowest BCUT2D eigenvalue weighted by atomic mass is 9.85. The molecule has 0 amide bonds. The minimum atomic E-state index is 0. The summed E-state index contributed by atoms with van der Waals surface area (Å²) in [5, 5.41) is 0. The summed E-state index contributed by atoms with van der Waals surface area (Å²) >= 11 is 0. The highest BCUT2D eigenvalue weighted by Crippen LogP contribution is 2.44. The van der Waals surface area contributed by atoms with Crippen LogP contribution in [0.5, 0.6) is 0 Å². The van der Waals surface area contributed by atoms with Crippen molar-refractivity contribution >= 4 is 0 Å². The molecule has 0 fully saturated rings. The summed E-state index contributed by atoms with van der Waals surface area (Å²) in [5.41, 5.74) is 17.9. The molecule has 4 heterocycles. The third-order valence-corrected chi connectivity index (χ3v) is 13.5. The Morgan fingerprint density at radius 2 is 0.436 bits per heavy atom. The third-order valence-electron chi connectivity index (χ3n) is 13.5. The average molecular weight is 1280 g/mol. The molecule has 0 saturated carbocycles. The number of pyridine rings is 4. The van der Waals surface area contributed by atoms with Gasteiger partial charge in [0.25, 0.3) is 0 Å². The second kappa shape index (κ2) is 31.3. The van der Waals surface area contributed by atoms with E-state index in [1.807, 2.05) is 0 Å². The molecule has 0 spiro atoms. The summed E-state index contributed by atoms with van der Waals surface area (Å²) in [7, 11) is 0. The lowest BCUT2D eigenvalue weighted by Gasteiger charge is -2.18. The van der Waals surface area contributed by atoms with E-state index in [-0.39, 0.29) is 67.9 Å². The van der Waals surface area contributed by atoms with Crippen molar-refractivity contribution in [3.8, 4) is 138 Å². The largest absolute Gasteiger partial charge is 1.00 e. The molecule has 4 nitrogen and oxygen atoms in total. The zero-order valence-electron chi connectivity index (χ0n) is 43.7. The van der Waals surface area contributed by atoms with Crippen LogP contribution >= 0.6 is 0 Å². The average Bonchev–Trinajstić information content (AvgIpc) is 3.48. The second-order valence-corrected chi connectivity index (χ2v) is 18.8. The van der Waals surface area contributed by atoms with Crippen LogP contribution in [0.25, 0.3) is 89.0 Å². The minimum Gasteiger partial charge on any atom is -1.00 e. The number of rotatable bonds is 20.